The van der Waals surface area contributed by atoms with Crippen molar-refractivity contribution in [2.45, 2.75) is 34.8 Å². The highest BCUT2D eigenvalue weighted by Gasteiger charge is 2.10. The average molecular weight is 396 g/mol. The van der Waals surface area contributed by atoms with Gasteiger partial charge in [0.15, 0.2) is 0 Å². The first-order valence-corrected chi connectivity index (χ1v) is 10.6. The summed E-state index contributed by atoms with van der Waals surface area (Å²) in [6.07, 6.45) is 4.35. The van der Waals surface area contributed by atoms with Crippen LogP contribution in [0.15, 0.2) is 81.9 Å². The number of aryl methyl sites for hydroxylation is 1. The Bertz CT molecular complexity index is 870. The summed E-state index contributed by atoms with van der Waals surface area (Å²) in [5, 5.41) is 4.55. The number of hydrogen-bond donors (Lipinski definition) is 1. The van der Waals surface area contributed by atoms with Crippen molar-refractivity contribution in [3.05, 3.63) is 78.1 Å². The number of rotatable bonds is 8. The lowest BCUT2D eigenvalue weighted by Crippen LogP contribution is -2.24. The Balaban J connectivity index is 1.52. The Morgan fingerprint density at radius 1 is 0.926 bits per heavy atom. The van der Waals surface area contributed by atoms with E-state index in [0.717, 1.165) is 26.9 Å². The van der Waals surface area contributed by atoms with Gasteiger partial charge in [0.2, 0.25) is 5.91 Å². The number of carbonyl (C=O) groups excluding carboxylic acids is 1. The van der Waals surface area contributed by atoms with Gasteiger partial charge in [-0.05, 0) is 29.7 Å². The molecule has 1 heterocycles. The molecule has 0 fully saturated rings. The van der Waals surface area contributed by atoms with Crippen molar-refractivity contribution < 1.29 is 4.79 Å². The fourth-order valence-electron chi connectivity index (χ4n) is 2.36. The molecule has 1 amide bonds. The second kappa shape index (κ2) is 10.1. The minimum Gasteiger partial charge on any atom is -0.351 e. The minimum absolute atomic E-state index is 0.0131. The number of amides is 1. The van der Waals surface area contributed by atoms with Gasteiger partial charge in [-0.3, -0.25) is 4.79 Å². The van der Waals surface area contributed by atoms with E-state index in [2.05, 4.69) is 46.5 Å². The predicted molar refractivity (Wildman–Crippen MR) is 111 cm³/mol. The SMILES string of the molecule is CCc1ccc(CNC(=O)CSc2nccnc2Sc2ccccc2)cc1. The van der Waals surface area contributed by atoms with Crippen molar-refractivity contribution in [3.63, 3.8) is 0 Å². The summed E-state index contributed by atoms with van der Waals surface area (Å²) in [5.74, 6) is 0.301. The van der Waals surface area contributed by atoms with Gasteiger partial charge >= 0.3 is 0 Å². The molecule has 0 bridgehead atoms. The number of nitrogens with zero attached hydrogens (tertiary/aromatic N) is 2. The molecule has 0 aliphatic carbocycles. The molecule has 4 nitrogen and oxygen atoms in total. The van der Waals surface area contributed by atoms with Gasteiger partial charge < -0.3 is 5.32 Å². The number of thioether (sulfide) groups is 1. The van der Waals surface area contributed by atoms with Crippen molar-refractivity contribution in [1.82, 2.24) is 15.3 Å². The highest BCUT2D eigenvalue weighted by molar-refractivity contribution is 8.02. The molecule has 0 spiro atoms. The number of nitrogens with one attached hydrogen (secondary N) is 1. The molecule has 0 aliphatic heterocycles. The third kappa shape index (κ3) is 6.12. The zero-order valence-corrected chi connectivity index (χ0v) is 16.7. The van der Waals surface area contributed by atoms with Crippen LogP contribution in [0.1, 0.15) is 18.1 Å². The maximum Gasteiger partial charge on any atom is 0.230 e. The largest absolute Gasteiger partial charge is 0.351 e. The van der Waals surface area contributed by atoms with Crippen LogP contribution in [0.2, 0.25) is 0 Å². The fourth-order valence-corrected chi connectivity index (χ4v) is 4.11. The molecular formula is C21H21N3OS2. The molecule has 0 unspecified atom stereocenters. The van der Waals surface area contributed by atoms with E-state index < -0.39 is 0 Å². The van der Waals surface area contributed by atoms with Crippen molar-refractivity contribution in [2.24, 2.45) is 0 Å². The van der Waals surface area contributed by atoms with E-state index in [9.17, 15) is 4.79 Å². The standard InChI is InChI=1S/C21H21N3OS2/c1-2-16-8-10-17(11-9-16)14-24-19(25)15-26-20-21(23-13-12-22-20)27-18-6-4-3-5-7-18/h3-13H,2,14-15H2,1H3,(H,24,25). The van der Waals surface area contributed by atoms with E-state index in [4.69, 9.17) is 0 Å². The van der Waals surface area contributed by atoms with Crippen LogP contribution < -0.4 is 5.32 Å². The number of aromatic nitrogens is 2. The van der Waals surface area contributed by atoms with Gasteiger partial charge in [-0.1, -0.05) is 72.9 Å². The predicted octanol–water partition coefficient (Wildman–Crippen LogP) is 4.60. The molecule has 0 atom stereocenters. The number of benzene rings is 2. The molecule has 0 saturated heterocycles. The van der Waals surface area contributed by atoms with E-state index in [1.54, 1.807) is 24.2 Å². The Kier molecular flexibility index (Phi) is 7.30. The topological polar surface area (TPSA) is 54.9 Å². The summed E-state index contributed by atoms with van der Waals surface area (Å²) in [4.78, 5) is 22.1. The van der Waals surface area contributed by atoms with Crippen LogP contribution in [0.25, 0.3) is 0 Å². The van der Waals surface area contributed by atoms with Crippen molar-refractivity contribution in [2.75, 3.05) is 5.75 Å². The van der Waals surface area contributed by atoms with Crippen LogP contribution in [-0.2, 0) is 17.8 Å². The lowest BCUT2D eigenvalue weighted by Gasteiger charge is -2.08. The van der Waals surface area contributed by atoms with Crippen LogP contribution in [-0.4, -0.2) is 21.6 Å². The molecule has 138 valence electrons. The van der Waals surface area contributed by atoms with Gasteiger partial charge in [-0.25, -0.2) is 9.97 Å². The summed E-state index contributed by atoms with van der Waals surface area (Å²) in [6.45, 7) is 2.67. The molecule has 1 aromatic heterocycles. The molecule has 0 aliphatic rings. The zero-order chi connectivity index (χ0) is 18.9. The zero-order valence-electron chi connectivity index (χ0n) is 15.1. The third-order valence-corrected chi connectivity index (χ3v) is 5.96. The van der Waals surface area contributed by atoms with E-state index in [-0.39, 0.29) is 5.91 Å². The molecule has 1 N–H and O–H groups in total. The molecule has 0 saturated carbocycles. The highest BCUT2D eigenvalue weighted by atomic mass is 32.2. The molecule has 3 aromatic rings. The molecule has 2 aromatic carbocycles. The molecule has 27 heavy (non-hydrogen) atoms. The average Bonchev–Trinajstić information content (AvgIpc) is 2.73. The van der Waals surface area contributed by atoms with E-state index >= 15 is 0 Å². The molecule has 6 heteroatoms. The van der Waals surface area contributed by atoms with Crippen LogP contribution in [0.3, 0.4) is 0 Å². The summed E-state index contributed by atoms with van der Waals surface area (Å²) >= 11 is 2.96. The summed E-state index contributed by atoms with van der Waals surface area (Å²) in [5.41, 5.74) is 2.40. The van der Waals surface area contributed by atoms with Crippen molar-refractivity contribution in [1.29, 1.82) is 0 Å². The van der Waals surface area contributed by atoms with Crippen LogP contribution in [0.5, 0.6) is 0 Å². The van der Waals surface area contributed by atoms with Gasteiger partial charge in [-0.15, -0.1) is 0 Å². The molecule has 0 radical (unpaired) electrons. The monoisotopic (exact) mass is 395 g/mol. The smallest absolute Gasteiger partial charge is 0.230 e. The third-order valence-electron chi connectivity index (χ3n) is 3.85. The number of carbonyl (C=O) groups is 1. The Hall–Kier alpha value is -2.31. The normalized spacial score (nSPS) is 10.6. The van der Waals surface area contributed by atoms with Crippen LogP contribution in [0.4, 0.5) is 0 Å². The molecule has 3 rings (SSSR count). The van der Waals surface area contributed by atoms with Crippen molar-refractivity contribution >= 4 is 29.4 Å². The first-order valence-electron chi connectivity index (χ1n) is 8.76. The maximum absolute atomic E-state index is 12.2. The fraction of sp³-hybridized carbons (Fsp3) is 0.190. The lowest BCUT2D eigenvalue weighted by atomic mass is 10.1. The maximum atomic E-state index is 12.2. The first kappa shape index (κ1) is 19.5. The molecular weight excluding hydrogens is 374 g/mol. The highest BCUT2D eigenvalue weighted by Crippen LogP contribution is 2.32. The summed E-state index contributed by atoms with van der Waals surface area (Å²) < 4.78 is 0. The Morgan fingerprint density at radius 3 is 2.30 bits per heavy atom. The van der Waals surface area contributed by atoms with Gasteiger partial charge in [0, 0.05) is 23.8 Å². The Morgan fingerprint density at radius 2 is 1.59 bits per heavy atom. The first-order chi connectivity index (χ1) is 13.2. The van der Waals surface area contributed by atoms with E-state index in [0.29, 0.717) is 12.3 Å². The van der Waals surface area contributed by atoms with Gasteiger partial charge in [-0.2, -0.15) is 0 Å². The summed E-state index contributed by atoms with van der Waals surface area (Å²) in [7, 11) is 0. The van der Waals surface area contributed by atoms with Gasteiger partial charge in [0.25, 0.3) is 0 Å². The minimum atomic E-state index is -0.0131. The van der Waals surface area contributed by atoms with E-state index in [1.807, 2.05) is 30.3 Å². The van der Waals surface area contributed by atoms with Crippen LogP contribution in [0, 0.1) is 0 Å². The second-order valence-electron chi connectivity index (χ2n) is 5.82. The summed E-state index contributed by atoms with van der Waals surface area (Å²) in [6, 6.07) is 18.3. The number of hydrogen-bond acceptors (Lipinski definition) is 5. The van der Waals surface area contributed by atoms with E-state index in [1.165, 1.54) is 17.3 Å². The van der Waals surface area contributed by atoms with Crippen molar-refractivity contribution in [3.8, 4) is 0 Å². The quantitative estimate of drug-likeness (QED) is 0.565. The second-order valence-corrected chi connectivity index (χ2v) is 7.84. The lowest BCUT2D eigenvalue weighted by molar-refractivity contribution is -0.118. The van der Waals surface area contributed by atoms with Gasteiger partial charge in [0.05, 0.1) is 5.75 Å². The van der Waals surface area contributed by atoms with Crippen LogP contribution >= 0.6 is 23.5 Å². The van der Waals surface area contributed by atoms with Gasteiger partial charge in [0.1, 0.15) is 10.1 Å². The Labute approximate surface area is 168 Å².